The minimum atomic E-state index is -0.607. The monoisotopic (exact) mass is 281 g/mol. The molecule has 0 saturated carbocycles. The van der Waals surface area contributed by atoms with Gasteiger partial charge in [-0.2, -0.15) is 4.98 Å². The van der Waals surface area contributed by atoms with Gasteiger partial charge in [0, 0.05) is 24.9 Å². The largest absolute Gasteiger partial charge is 0.339 e. The Hall–Kier alpha value is -1.82. The van der Waals surface area contributed by atoms with Crippen LogP contribution in [0.4, 0.5) is 8.78 Å². The first-order chi connectivity index (χ1) is 9.60. The van der Waals surface area contributed by atoms with Crippen molar-refractivity contribution < 1.29 is 13.3 Å². The number of nitrogens with one attached hydrogen (secondary N) is 1. The molecule has 0 aliphatic rings. The first-order valence-electron chi connectivity index (χ1n) is 6.54. The van der Waals surface area contributed by atoms with Gasteiger partial charge in [-0.1, -0.05) is 12.1 Å². The molecule has 20 heavy (non-hydrogen) atoms. The van der Waals surface area contributed by atoms with E-state index < -0.39 is 11.6 Å². The maximum Gasteiger partial charge on any atom is 0.228 e. The summed E-state index contributed by atoms with van der Waals surface area (Å²) in [5.74, 6) is -0.260. The minimum Gasteiger partial charge on any atom is -0.339 e. The third kappa shape index (κ3) is 3.84. The zero-order valence-electron chi connectivity index (χ0n) is 11.5. The quantitative estimate of drug-likeness (QED) is 0.883. The van der Waals surface area contributed by atoms with Crippen molar-refractivity contribution in [1.29, 1.82) is 0 Å². The van der Waals surface area contributed by atoms with E-state index >= 15 is 0 Å². The van der Waals surface area contributed by atoms with E-state index in [1.807, 2.05) is 7.05 Å². The fraction of sp³-hybridized carbons (Fsp3) is 0.429. The van der Waals surface area contributed by atoms with Crippen molar-refractivity contribution in [3.63, 3.8) is 0 Å². The van der Waals surface area contributed by atoms with Crippen LogP contribution in [0.2, 0.25) is 0 Å². The van der Waals surface area contributed by atoms with E-state index in [0.717, 1.165) is 12.5 Å². The Kier molecular flexibility index (Phi) is 4.79. The molecule has 0 amide bonds. The van der Waals surface area contributed by atoms with Crippen LogP contribution in [-0.4, -0.2) is 23.2 Å². The fourth-order valence-corrected chi connectivity index (χ4v) is 2.00. The molecule has 1 heterocycles. The lowest BCUT2D eigenvalue weighted by atomic mass is 10.1. The molecular weight excluding hydrogens is 264 g/mol. The molecule has 0 aliphatic carbocycles. The van der Waals surface area contributed by atoms with Crippen LogP contribution in [0.3, 0.4) is 0 Å². The van der Waals surface area contributed by atoms with Gasteiger partial charge >= 0.3 is 0 Å². The molecule has 1 N–H and O–H groups in total. The number of nitrogens with zero attached hydrogens (tertiary/aromatic N) is 2. The Morgan fingerprint density at radius 3 is 2.55 bits per heavy atom. The smallest absolute Gasteiger partial charge is 0.228 e. The van der Waals surface area contributed by atoms with Crippen LogP contribution < -0.4 is 5.32 Å². The summed E-state index contributed by atoms with van der Waals surface area (Å²) in [4.78, 5) is 4.24. The summed E-state index contributed by atoms with van der Waals surface area (Å²) in [6, 6.07) is 3.64. The van der Waals surface area contributed by atoms with Crippen molar-refractivity contribution in [2.24, 2.45) is 0 Å². The molecule has 1 aromatic heterocycles. The van der Waals surface area contributed by atoms with Crippen molar-refractivity contribution in [2.45, 2.75) is 32.2 Å². The SMILES string of the molecule is CCC(Cc1nc(Cc2cc(F)cc(F)c2)no1)NC. The highest BCUT2D eigenvalue weighted by atomic mass is 19.1. The first kappa shape index (κ1) is 14.6. The molecule has 0 aliphatic heterocycles. The highest BCUT2D eigenvalue weighted by Crippen LogP contribution is 2.12. The van der Waals surface area contributed by atoms with Crippen LogP contribution in [0.25, 0.3) is 0 Å². The normalized spacial score (nSPS) is 12.6. The van der Waals surface area contributed by atoms with Crippen LogP contribution in [0.5, 0.6) is 0 Å². The molecule has 0 spiro atoms. The summed E-state index contributed by atoms with van der Waals surface area (Å²) in [5, 5.41) is 6.98. The molecule has 0 saturated heterocycles. The highest BCUT2D eigenvalue weighted by Gasteiger charge is 2.12. The third-order valence-corrected chi connectivity index (χ3v) is 3.12. The van der Waals surface area contributed by atoms with Crippen molar-refractivity contribution in [2.75, 3.05) is 7.05 Å². The zero-order valence-corrected chi connectivity index (χ0v) is 11.5. The predicted octanol–water partition coefficient (Wildman–Crippen LogP) is 2.48. The van der Waals surface area contributed by atoms with Crippen LogP contribution >= 0.6 is 0 Å². The third-order valence-electron chi connectivity index (χ3n) is 3.12. The number of aromatic nitrogens is 2. The molecule has 1 aromatic carbocycles. The molecule has 2 rings (SSSR count). The number of rotatable bonds is 6. The number of hydrogen-bond donors (Lipinski definition) is 1. The summed E-state index contributed by atoms with van der Waals surface area (Å²) in [6.45, 7) is 2.06. The van der Waals surface area contributed by atoms with Crippen molar-refractivity contribution in [3.8, 4) is 0 Å². The van der Waals surface area contributed by atoms with Gasteiger partial charge in [0.1, 0.15) is 11.6 Å². The summed E-state index contributed by atoms with van der Waals surface area (Å²) in [7, 11) is 1.88. The molecule has 0 fully saturated rings. The molecule has 108 valence electrons. The van der Waals surface area contributed by atoms with E-state index in [4.69, 9.17) is 4.52 Å². The Morgan fingerprint density at radius 1 is 1.25 bits per heavy atom. The van der Waals surface area contributed by atoms with E-state index in [0.29, 0.717) is 23.7 Å². The maximum absolute atomic E-state index is 13.1. The van der Waals surface area contributed by atoms with E-state index in [2.05, 4.69) is 22.4 Å². The molecule has 0 radical (unpaired) electrons. The standard InChI is InChI=1S/C14H17F2N3O/c1-3-12(17-2)8-14-18-13(19-20-14)6-9-4-10(15)7-11(16)5-9/h4-5,7,12,17H,3,6,8H2,1-2H3. The molecule has 6 heteroatoms. The van der Waals surface area contributed by atoms with Gasteiger partial charge in [-0.3, -0.25) is 0 Å². The topological polar surface area (TPSA) is 51.0 Å². The van der Waals surface area contributed by atoms with Gasteiger partial charge in [0.15, 0.2) is 5.82 Å². The Bertz CT molecular complexity index is 547. The van der Waals surface area contributed by atoms with Crippen LogP contribution in [-0.2, 0) is 12.8 Å². The number of halogens is 2. The van der Waals surface area contributed by atoms with Gasteiger partial charge in [0.2, 0.25) is 5.89 Å². The van der Waals surface area contributed by atoms with Crippen molar-refractivity contribution >= 4 is 0 Å². The van der Waals surface area contributed by atoms with Crippen molar-refractivity contribution in [3.05, 3.63) is 47.1 Å². The lowest BCUT2D eigenvalue weighted by Crippen LogP contribution is -2.26. The number of likely N-dealkylation sites (N-methyl/N-ethyl adjacent to an activating group) is 1. The molecule has 0 bridgehead atoms. The van der Waals surface area contributed by atoms with Gasteiger partial charge in [-0.15, -0.1) is 0 Å². The van der Waals surface area contributed by atoms with Gasteiger partial charge in [-0.25, -0.2) is 8.78 Å². The Morgan fingerprint density at radius 2 is 1.95 bits per heavy atom. The fourth-order valence-electron chi connectivity index (χ4n) is 2.00. The van der Waals surface area contributed by atoms with Crippen molar-refractivity contribution in [1.82, 2.24) is 15.5 Å². The average molecular weight is 281 g/mol. The maximum atomic E-state index is 13.1. The number of benzene rings is 1. The van der Waals surface area contributed by atoms with E-state index in [9.17, 15) is 8.78 Å². The number of hydrogen-bond acceptors (Lipinski definition) is 4. The minimum absolute atomic E-state index is 0.245. The predicted molar refractivity (Wildman–Crippen MR) is 70.3 cm³/mol. The Labute approximate surface area is 116 Å². The molecule has 1 atom stereocenters. The first-order valence-corrected chi connectivity index (χ1v) is 6.54. The molecule has 1 unspecified atom stereocenters. The lowest BCUT2D eigenvalue weighted by Gasteiger charge is -2.09. The van der Waals surface area contributed by atoms with E-state index in [-0.39, 0.29) is 12.5 Å². The van der Waals surface area contributed by atoms with Gasteiger partial charge in [0.05, 0.1) is 0 Å². The highest BCUT2D eigenvalue weighted by molar-refractivity contribution is 5.21. The molecule has 4 nitrogen and oxygen atoms in total. The lowest BCUT2D eigenvalue weighted by molar-refractivity contribution is 0.355. The summed E-state index contributed by atoms with van der Waals surface area (Å²) < 4.78 is 31.3. The van der Waals surface area contributed by atoms with E-state index in [1.54, 1.807) is 0 Å². The average Bonchev–Trinajstić information content (AvgIpc) is 2.82. The van der Waals surface area contributed by atoms with Gasteiger partial charge in [-0.05, 0) is 31.2 Å². The van der Waals surface area contributed by atoms with Crippen LogP contribution in [0.1, 0.15) is 30.6 Å². The van der Waals surface area contributed by atoms with Crippen LogP contribution in [0.15, 0.2) is 22.7 Å². The molecule has 2 aromatic rings. The van der Waals surface area contributed by atoms with Crippen LogP contribution in [0, 0.1) is 11.6 Å². The second-order valence-corrected chi connectivity index (χ2v) is 4.66. The van der Waals surface area contributed by atoms with Gasteiger partial charge in [0.25, 0.3) is 0 Å². The van der Waals surface area contributed by atoms with Gasteiger partial charge < -0.3 is 9.84 Å². The molecular formula is C14H17F2N3O. The second kappa shape index (κ2) is 6.56. The Balaban J connectivity index is 2.05. The summed E-state index contributed by atoms with van der Waals surface area (Å²) in [5.41, 5.74) is 0.482. The summed E-state index contributed by atoms with van der Waals surface area (Å²) >= 11 is 0. The summed E-state index contributed by atoms with van der Waals surface area (Å²) in [6.07, 6.45) is 1.83. The van der Waals surface area contributed by atoms with E-state index in [1.165, 1.54) is 12.1 Å². The second-order valence-electron chi connectivity index (χ2n) is 4.66. The zero-order chi connectivity index (χ0) is 14.5.